The molecular formula is C18H20N2O3. The number of carbonyl (C=O) groups is 1. The number of amides is 1. The van der Waals surface area contributed by atoms with Gasteiger partial charge in [-0.3, -0.25) is 4.79 Å². The van der Waals surface area contributed by atoms with Gasteiger partial charge in [-0.15, -0.1) is 0 Å². The second-order valence-electron chi connectivity index (χ2n) is 6.54. The van der Waals surface area contributed by atoms with E-state index in [9.17, 15) is 4.79 Å². The van der Waals surface area contributed by atoms with Crippen molar-refractivity contribution in [2.45, 2.75) is 31.3 Å². The molecule has 0 radical (unpaired) electrons. The van der Waals surface area contributed by atoms with E-state index in [4.69, 9.17) is 9.63 Å². The predicted octanol–water partition coefficient (Wildman–Crippen LogP) is 2.29. The van der Waals surface area contributed by atoms with Crippen LogP contribution in [0.4, 0.5) is 0 Å². The number of carbonyl (C=O) groups excluding carboxylic acids is 1. The molecule has 1 amide bonds. The third-order valence-corrected chi connectivity index (χ3v) is 4.86. The normalized spacial score (nSPS) is 19.4. The molecule has 1 N–H and O–H groups in total. The summed E-state index contributed by atoms with van der Waals surface area (Å²) >= 11 is 0. The molecule has 0 bridgehead atoms. The Balaban J connectivity index is 1.43. The zero-order chi connectivity index (χ0) is 15.8. The molecule has 1 aliphatic carbocycles. The second-order valence-corrected chi connectivity index (χ2v) is 6.54. The van der Waals surface area contributed by atoms with Gasteiger partial charge < -0.3 is 14.5 Å². The van der Waals surface area contributed by atoms with Gasteiger partial charge in [0, 0.05) is 25.1 Å². The molecule has 120 valence electrons. The predicted molar refractivity (Wildman–Crippen MR) is 83.7 cm³/mol. The van der Waals surface area contributed by atoms with Gasteiger partial charge in [-0.25, -0.2) is 0 Å². The van der Waals surface area contributed by atoms with Gasteiger partial charge in [0.15, 0.2) is 5.76 Å². The molecule has 5 heteroatoms. The maximum atomic E-state index is 12.9. The summed E-state index contributed by atoms with van der Waals surface area (Å²) in [6, 6.07) is 11.9. The number of aromatic nitrogens is 1. The van der Waals surface area contributed by atoms with E-state index in [0.29, 0.717) is 24.8 Å². The average Bonchev–Trinajstić information content (AvgIpc) is 3.24. The molecular weight excluding hydrogens is 292 g/mol. The molecule has 1 saturated carbocycles. The molecule has 23 heavy (non-hydrogen) atoms. The van der Waals surface area contributed by atoms with Crippen LogP contribution >= 0.6 is 0 Å². The van der Waals surface area contributed by atoms with Crippen molar-refractivity contribution in [3.05, 3.63) is 53.4 Å². The number of likely N-dealkylation sites (tertiary alicyclic amines) is 1. The van der Waals surface area contributed by atoms with Crippen molar-refractivity contribution in [1.29, 1.82) is 0 Å². The van der Waals surface area contributed by atoms with Crippen LogP contribution in [0.2, 0.25) is 0 Å². The van der Waals surface area contributed by atoms with Crippen molar-refractivity contribution in [3.8, 4) is 0 Å². The quantitative estimate of drug-likeness (QED) is 0.920. The largest absolute Gasteiger partial charge is 0.388 e. The second kappa shape index (κ2) is 5.81. The number of nitrogens with zero attached hydrogens (tertiary/aromatic N) is 2. The van der Waals surface area contributed by atoms with E-state index in [2.05, 4.69) is 17.3 Å². The van der Waals surface area contributed by atoms with Crippen molar-refractivity contribution >= 4 is 5.91 Å². The van der Waals surface area contributed by atoms with Crippen molar-refractivity contribution in [2.24, 2.45) is 5.92 Å². The maximum Gasteiger partial charge on any atom is 0.230 e. The summed E-state index contributed by atoms with van der Waals surface area (Å²) in [6.45, 7) is 1.23. The summed E-state index contributed by atoms with van der Waals surface area (Å²) in [5, 5.41) is 13.0. The molecule has 1 saturated heterocycles. The topological polar surface area (TPSA) is 66.6 Å². The molecule has 1 aliphatic heterocycles. The first kappa shape index (κ1) is 14.5. The van der Waals surface area contributed by atoms with Crippen LogP contribution in [0.5, 0.6) is 0 Å². The Labute approximate surface area is 134 Å². The minimum atomic E-state index is -0.139. The molecule has 1 aromatic heterocycles. The van der Waals surface area contributed by atoms with Crippen LogP contribution in [0.15, 0.2) is 40.9 Å². The number of aliphatic hydroxyl groups is 1. The standard InChI is InChI=1S/C18H20N2O3/c21-11-15-8-16(19-23-15)14-9-20(10-14)18(22)17(13-6-7-13)12-4-2-1-3-5-12/h1-5,8,13-14,17,21H,6-7,9-11H2. The Bertz CT molecular complexity index is 687. The van der Waals surface area contributed by atoms with Gasteiger partial charge in [0.2, 0.25) is 5.91 Å². The molecule has 2 fully saturated rings. The lowest BCUT2D eigenvalue weighted by atomic mass is 9.88. The Kier molecular flexibility index (Phi) is 3.65. The van der Waals surface area contributed by atoms with Gasteiger partial charge in [0.25, 0.3) is 0 Å². The highest BCUT2D eigenvalue weighted by atomic mass is 16.5. The van der Waals surface area contributed by atoms with Crippen molar-refractivity contribution < 1.29 is 14.4 Å². The first-order valence-corrected chi connectivity index (χ1v) is 8.16. The number of rotatable bonds is 5. The van der Waals surface area contributed by atoms with Gasteiger partial charge in [-0.05, 0) is 24.3 Å². The summed E-state index contributed by atoms with van der Waals surface area (Å²) in [5.74, 6) is 1.43. The number of hydrogen-bond acceptors (Lipinski definition) is 4. The highest BCUT2D eigenvalue weighted by Gasteiger charge is 2.43. The molecule has 2 aromatic rings. The summed E-state index contributed by atoms with van der Waals surface area (Å²) in [7, 11) is 0. The molecule has 1 aromatic carbocycles. The number of hydrogen-bond donors (Lipinski definition) is 1. The molecule has 5 nitrogen and oxygen atoms in total. The number of aliphatic hydroxyl groups excluding tert-OH is 1. The molecule has 2 heterocycles. The van der Waals surface area contributed by atoms with Crippen LogP contribution in [-0.2, 0) is 11.4 Å². The van der Waals surface area contributed by atoms with E-state index >= 15 is 0 Å². The van der Waals surface area contributed by atoms with Crippen LogP contribution in [0.25, 0.3) is 0 Å². The van der Waals surface area contributed by atoms with E-state index in [1.165, 1.54) is 0 Å². The zero-order valence-corrected chi connectivity index (χ0v) is 12.9. The van der Waals surface area contributed by atoms with E-state index in [1.54, 1.807) is 6.07 Å². The van der Waals surface area contributed by atoms with E-state index in [1.807, 2.05) is 23.1 Å². The van der Waals surface area contributed by atoms with Gasteiger partial charge in [-0.2, -0.15) is 0 Å². The Hall–Kier alpha value is -2.14. The fourth-order valence-corrected chi connectivity index (χ4v) is 3.34. The van der Waals surface area contributed by atoms with Crippen LogP contribution in [-0.4, -0.2) is 34.2 Å². The Morgan fingerprint density at radius 2 is 2.04 bits per heavy atom. The SMILES string of the molecule is O=C(C(c1ccccc1)C1CC1)N1CC(c2cc(CO)on2)C1. The smallest absolute Gasteiger partial charge is 0.230 e. The zero-order valence-electron chi connectivity index (χ0n) is 12.9. The van der Waals surface area contributed by atoms with E-state index < -0.39 is 0 Å². The van der Waals surface area contributed by atoms with Gasteiger partial charge in [0.05, 0.1) is 11.6 Å². The summed E-state index contributed by atoms with van der Waals surface area (Å²) in [4.78, 5) is 14.8. The van der Waals surface area contributed by atoms with Gasteiger partial charge in [-0.1, -0.05) is 35.5 Å². The first-order valence-electron chi connectivity index (χ1n) is 8.16. The summed E-state index contributed by atoms with van der Waals surface area (Å²) in [5.41, 5.74) is 1.97. The molecule has 0 spiro atoms. The Morgan fingerprint density at radius 1 is 1.30 bits per heavy atom. The highest BCUT2D eigenvalue weighted by molar-refractivity contribution is 5.85. The lowest BCUT2D eigenvalue weighted by Crippen LogP contribution is -2.50. The van der Waals surface area contributed by atoms with Crippen LogP contribution in [0, 0.1) is 5.92 Å². The van der Waals surface area contributed by atoms with Crippen molar-refractivity contribution in [2.75, 3.05) is 13.1 Å². The highest BCUT2D eigenvalue weighted by Crippen LogP contribution is 2.44. The van der Waals surface area contributed by atoms with Crippen LogP contribution < -0.4 is 0 Å². The van der Waals surface area contributed by atoms with E-state index in [-0.39, 0.29) is 24.3 Å². The lowest BCUT2D eigenvalue weighted by Gasteiger charge is -2.40. The minimum absolute atomic E-state index is 0.00228. The van der Waals surface area contributed by atoms with Crippen LogP contribution in [0.3, 0.4) is 0 Å². The van der Waals surface area contributed by atoms with Crippen LogP contribution in [0.1, 0.15) is 41.7 Å². The summed E-state index contributed by atoms with van der Waals surface area (Å²) in [6.07, 6.45) is 2.29. The van der Waals surface area contributed by atoms with Crippen molar-refractivity contribution in [1.82, 2.24) is 10.1 Å². The van der Waals surface area contributed by atoms with E-state index in [0.717, 1.165) is 24.1 Å². The minimum Gasteiger partial charge on any atom is -0.388 e. The molecule has 1 atom stereocenters. The van der Waals surface area contributed by atoms with Crippen molar-refractivity contribution in [3.63, 3.8) is 0 Å². The maximum absolute atomic E-state index is 12.9. The summed E-state index contributed by atoms with van der Waals surface area (Å²) < 4.78 is 5.03. The van der Waals surface area contributed by atoms with Gasteiger partial charge in [0.1, 0.15) is 6.61 Å². The average molecular weight is 312 g/mol. The number of benzene rings is 1. The fraction of sp³-hybridized carbons (Fsp3) is 0.444. The Morgan fingerprint density at radius 3 is 2.65 bits per heavy atom. The third kappa shape index (κ3) is 2.77. The molecule has 4 rings (SSSR count). The van der Waals surface area contributed by atoms with Gasteiger partial charge >= 0.3 is 0 Å². The first-order chi connectivity index (χ1) is 11.3. The lowest BCUT2D eigenvalue weighted by molar-refractivity contribution is -0.138. The molecule has 2 aliphatic rings. The molecule has 1 unspecified atom stereocenters. The third-order valence-electron chi connectivity index (χ3n) is 4.86. The monoisotopic (exact) mass is 312 g/mol. The fourth-order valence-electron chi connectivity index (χ4n) is 3.34.